The van der Waals surface area contributed by atoms with Gasteiger partial charge >= 0.3 is 0 Å². The summed E-state index contributed by atoms with van der Waals surface area (Å²) in [6.45, 7) is 3.64. The van der Waals surface area contributed by atoms with E-state index < -0.39 is 5.54 Å². The van der Waals surface area contributed by atoms with Gasteiger partial charge in [0.15, 0.2) is 17.0 Å². The molecule has 7 nitrogen and oxygen atoms in total. The second-order valence-corrected chi connectivity index (χ2v) is 7.05. The summed E-state index contributed by atoms with van der Waals surface area (Å²) in [6.07, 6.45) is 0.568. The zero-order valence-electron chi connectivity index (χ0n) is 15.7. The molecule has 1 unspecified atom stereocenters. The number of amides is 1. The number of carbonyl (C=O) groups is 1. The number of nitrogens with two attached hydrogens (primary N) is 1. The first-order valence-corrected chi connectivity index (χ1v) is 9.07. The minimum Gasteiger partial charge on any atom is -0.454 e. The number of fused-ring (bicyclic) bond motifs is 2. The minimum absolute atomic E-state index is 0.155. The molecule has 0 aliphatic carbocycles. The van der Waals surface area contributed by atoms with E-state index in [1.165, 1.54) is 5.01 Å². The van der Waals surface area contributed by atoms with E-state index >= 15 is 0 Å². The van der Waals surface area contributed by atoms with Crippen LogP contribution < -0.4 is 15.2 Å². The van der Waals surface area contributed by atoms with Crippen molar-refractivity contribution < 1.29 is 14.3 Å². The summed E-state index contributed by atoms with van der Waals surface area (Å²) >= 11 is 0. The summed E-state index contributed by atoms with van der Waals surface area (Å²) in [5.74, 6) is 1.03. The maximum absolute atomic E-state index is 12.7. The zero-order chi connectivity index (χ0) is 19.9. The van der Waals surface area contributed by atoms with E-state index in [1.807, 2.05) is 24.3 Å². The van der Waals surface area contributed by atoms with Gasteiger partial charge in [-0.2, -0.15) is 10.4 Å². The predicted molar refractivity (Wildman–Crippen MR) is 104 cm³/mol. The van der Waals surface area contributed by atoms with Crippen LogP contribution in [0.1, 0.15) is 37.0 Å². The van der Waals surface area contributed by atoms with E-state index in [9.17, 15) is 10.1 Å². The molecule has 0 aromatic heterocycles. The Morgan fingerprint density at radius 1 is 1.29 bits per heavy atom. The third-order valence-corrected chi connectivity index (χ3v) is 5.02. The monoisotopic (exact) mass is 376 g/mol. The first-order valence-electron chi connectivity index (χ1n) is 9.07. The van der Waals surface area contributed by atoms with Crippen molar-refractivity contribution in [2.75, 3.05) is 12.5 Å². The Hall–Kier alpha value is -3.53. The van der Waals surface area contributed by atoms with Crippen LogP contribution in [0.4, 0.5) is 5.69 Å². The quantitative estimate of drug-likeness (QED) is 0.812. The van der Waals surface area contributed by atoms with Gasteiger partial charge in [-0.25, -0.2) is 5.01 Å². The van der Waals surface area contributed by atoms with Crippen LogP contribution in [-0.4, -0.2) is 29.0 Å². The van der Waals surface area contributed by atoms with Crippen molar-refractivity contribution in [3.8, 4) is 17.6 Å². The maximum Gasteiger partial charge on any atom is 0.243 e. The summed E-state index contributed by atoms with van der Waals surface area (Å²) in [5, 5.41) is 15.9. The van der Waals surface area contributed by atoms with Gasteiger partial charge in [-0.3, -0.25) is 4.79 Å². The number of anilines is 1. The van der Waals surface area contributed by atoms with Crippen LogP contribution in [0.15, 0.2) is 41.5 Å². The molecule has 2 aliphatic heterocycles. The lowest BCUT2D eigenvalue weighted by Crippen LogP contribution is -2.46. The van der Waals surface area contributed by atoms with E-state index in [0.717, 1.165) is 16.7 Å². The molecule has 0 radical (unpaired) electrons. The smallest absolute Gasteiger partial charge is 0.243 e. The number of nitrogens with zero attached hydrogens (tertiary/aromatic N) is 3. The first-order chi connectivity index (χ1) is 13.4. The Labute approximate surface area is 163 Å². The van der Waals surface area contributed by atoms with Gasteiger partial charge in [-0.1, -0.05) is 19.1 Å². The highest BCUT2D eigenvalue weighted by molar-refractivity contribution is 6.14. The van der Waals surface area contributed by atoms with Crippen molar-refractivity contribution in [1.29, 1.82) is 5.26 Å². The van der Waals surface area contributed by atoms with Crippen LogP contribution in [0.3, 0.4) is 0 Å². The van der Waals surface area contributed by atoms with Crippen LogP contribution in [-0.2, 0) is 11.2 Å². The van der Waals surface area contributed by atoms with Gasteiger partial charge in [0, 0.05) is 29.7 Å². The lowest BCUT2D eigenvalue weighted by Gasteiger charge is -2.30. The fourth-order valence-corrected chi connectivity index (χ4v) is 3.48. The third-order valence-electron chi connectivity index (χ3n) is 5.02. The van der Waals surface area contributed by atoms with Crippen molar-refractivity contribution in [3.63, 3.8) is 0 Å². The molecular weight excluding hydrogens is 356 g/mol. The number of ether oxygens (including phenoxy) is 2. The highest BCUT2D eigenvalue weighted by atomic mass is 16.7. The topological polar surface area (TPSA) is 101 Å². The number of rotatable bonds is 2. The van der Waals surface area contributed by atoms with Gasteiger partial charge in [-0.15, -0.1) is 0 Å². The largest absolute Gasteiger partial charge is 0.454 e. The SMILES string of the molecule is CCC(=O)N1N=C(c2ccc(N)cc2)c2cc3c(cc2CC1(C)C#N)OCO3. The molecule has 0 fully saturated rings. The normalized spacial score (nSPS) is 20.0. The molecule has 0 spiro atoms. The number of nitriles is 1. The number of carbonyl (C=O) groups excluding carboxylic acids is 1. The maximum atomic E-state index is 12.7. The molecule has 0 saturated heterocycles. The van der Waals surface area contributed by atoms with Crippen molar-refractivity contribution in [3.05, 3.63) is 53.1 Å². The van der Waals surface area contributed by atoms with Crippen LogP contribution in [0.25, 0.3) is 0 Å². The summed E-state index contributed by atoms with van der Waals surface area (Å²) in [7, 11) is 0. The van der Waals surface area contributed by atoms with Crippen molar-refractivity contribution in [2.24, 2.45) is 5.10 Å². The molecule has 1 atom stereocenters. The lowest BCUT2D eigenvalue weighted by molar-refractivity contribution is -0.134. The number of hydrogen-bond donors (Lipinski definition) is 1. The third kappa shape index (κ3) is 2.83. The van der Waals surface area contributed by atoms with E-state index in [4.69, 9.17) is 15.2 Å². The van der Waals surface area contributed by atoms with E-state index in [0.29, 0.717) is 29.3 Å². The molecule has 2 N–H and O–H groups in total. The van der Waals surface area contributed by atoms with Gasteiger partial charge in [0.25, 0.3) is 0 Å². The Morgan fingerprint density at radius 2 is 1.96 bits per heavy atom. The van der Waals surface area contributed by atoms with Crippen LogP contribution in [0, 0.1) is 11.3 Å². The van der Waals surface area contributed by atoms with Crippen molar-refractivity contribution in [1.82, 2.24) is 5.01 Å². The molecule has 28 heavy (non-hydrogen) atoms. The lowest BCUT2D eigenvalue weighted by atomic mass is 9.88. The molecule has 7 heteroatoms. The van der Waals surface area contributed by atoms with Crippen LogP contribution in [0.2, 0.25) is 0 Å². The van der Waals surface area contributed by atoms with Gasteiger partial charge in [0.2, 0.25) is 12.7 Å². The van der Waals surface area contributed by atoms with Gasteiger partial charge in [0.05, 0.1) is 11.8 Å². The molecule has 4 rings (SSSR count). The van der Waals surface area contributed by atoms with Gasteiger partial charge in [0.1, 0.15) is 0 Å². The van der Waals surface area contributed by atoms with Gasteiger partial charge in [-0.05, 0) is 36.8 Å². The van der Waals surface area contributed by atoms with Crippen LogP contribution in [0.5, 0.6) is 11.5 Å². The number of nitrogen functional groups attached to an aromatic ring is 1. The molecule has 2 heterocycles. The van der Waals surface area contributed by atoms with E-state index in [1.54, 1.807) is 26.0 Å². The fourth-order valence-electron chi connectivity index (χ4n) is 3.48. The van der Waals surface area contributed by atoms with Gasteiger partial charge < -0.3 is 15.2 Å². The first kappa shape index (κ1) is 17.9. The molecule has 0 bridgehead atoms. The standard InChI is InChI=1S/C21H20N4O3/c1-3-19(26)25-21(2,11-22)10-14-8-17-18(28-12-27-17)9-16(14)20(24-25)13-4-6-15(23)7-5-13/h4-9H,3,10,12,23H2,1-2H3. The van der Waals surface area contributed by atoms with Crippen molar-refractivity contribution >= 4 is 17.3 Å². The molecule has 142 valence electrons. The average Bonchev–Trinajstić information content (AvgIpc) is 3.11. The minimum atomic E-state index is -1.12. The molecule has 1 amide bonds. The molecular formula is C21H20N4O3. The number of benzene rings is 2. The highest BCUT2D eigenvalue weighted by Crippen LogP contribution is 2.39. The Balaban J connectivity index is 1.98. The van der Waals surface area contributed by atoms with E-state index in [-0.39, 0.29) is 19.1 Å². The van der Waals surface area contributed by atoms with Crippen LogP contribution >= 0.6 is 0 Å². The van der Waals surface area contributed by atoms with Crippen molar-refractivity contribution in [2.45, 2.75) is 32.2 Å². The van der Waals surface area contributed by atoms with E-state index in [2.05, 4.69) is 11.2 Å². The second-order valence-electron chi connectivity index (χ2n) is 7.05. The molecule has 0 saturated carbocycles. The summed E-state index contributed by atoms with van der Waals surface area (Å²) in [4.78, 5) is 12.7. The summed E-state index contributed by atoms with van der Waals surface area (Å²) in [5.41, 5.74) is 8.41. The highest BCUT2D eigenvalue weighted by Gasteiger charge is 2.40. The Bertz CT molecular complexity index is 1020. The molecule has 2 aromatic rings. The summed E-state index contributed by atoms with van der Waals surface area (Å²) < 4.78 is 11.1. The summed E-state index contributed by atoms with van der Waals surface area (Å²) in [6, 6.07) is 13.3. The molecule has 2 aliphatic rings. The fraction of sp³-hybridized carbons (Fsp3) is 0.286. The Morgan fingerprint density at radius 3 is 2.61 bits per heavy atom. The second kappa shape index (κ2) is 6.57. The predicted octanol–water partition coefficient (Wildman–Crippen LogP) is 2.83. The number of hydrogen-bond acceptors (Lipinski definition) is 6. The Kier molecular flexibility index (Phi) is 4.19. The zero-order valence-corrected chi connectivity index (χ0v) is 15.7. The number of hydrazone groups is 1. The molecule has 2 aromatic carbocycles. The average molecular weight is 376 g/mol.